The number of nitrogens with zero attached hydrogens (tertiary/aromatic N) is 1. The average Bonchev–Trinajstić information content (AvgIpc) is 2.23. The number of ether oxygens (including phenoxy) is 2. The molecule has 6 heteroatoms. The Morgan fingerprint density at radius 2 is 1.94 bits per heavy atom. The molecule has 1 aromatic rings. The van der Waals surface area contributed by atoms with Gasteiger partial charge in [0.15, 0.2) is 11.6 Å². The molecule has 0 radical (unpaired) electrons. The Labute approximate surface area is 104 Å². The second-order valence-electron chi connectivity index (χ2n) is 4.14. The first kappa shape index (κ1) is 13.0. The molecule has 0 unspecified atom stereocenters. The van der Waals surface area contributed by atoms with Crippen LogP contribution in [0.5, 0.6) is 0 Å². The van der Waals surface area contributed by atoms with E-state index in [-0.39, 0.29) is 24.3 Å². The van der Waals surface area contributed by atoms with Crippen LogP contribution in [0.3, 0.4) is 0 Å². The molecule has 0 aromatic heterocycles. The van der Waals surface area contributed by atoms with Crippen LogP contribution in [0.25, 0.3) is 0 Å². The number of hydrogen-bond acceptors (Lipinski definition) is 4. The summed E-state index contributed by atoms with van der Waals surface area (Å²) in [6, 6.07) is 2.24. The van der Waals surface area contributed by atoms with Crippen LogP contribution in [0.2, 0.25) is 0 Å². The molecule has 100 valence electrons. The van der Waals surface area contributed by atoms with Gasteiger partial charge in [-0.3, -0.25) is 0 Å². The molecule has 2 N–H and O–H groups in total. The van der Waals surface area contributed by atoms with Gasteiger partial charge in [-0.05, 0) is 19.1 Å². The standard InChI is InChI=1S/C12H16F2N2O2/c1-2-17-7-18-9-5-16(6-9)12-10(13)3-8(15)4-11(12)14/h3-4,9H,2,5-7,15H2,1H3. The molecule has 0 amide bonds. The highest BCUT2D eigenvalue weighted by Gasteiger charge is 2.31. The summed E-state index contributed by atoms with van der Waals surface area (Å²) in [6.07, 6.45) is -0.0482. The molecule has 1 saturated heterocycles. The van der Waals surface area contributed by atoms with Gasteiger partial charge >= 0.3 is 0 Å². The van der Waals surface area contributed by atoms with E-state index in [9.17, 15) is 8.78 Å². The Morgan fingerprint density at radius 1 is 1.33 bits per heavy atom. The van der Waals surface area contributed by atoms with E-state index in [2.05, 4.69) is 0 Å². The fourth-order valence-electron chi connectivity index (χ4n) is 1.84. The summed E-state index contributed by atoms with van der Waals surface area (Å²) in [5.74, 6) is -1.29. The summed E-state index contributed by atoms with van der Waals surface area (Å²) >= 11 is 0. The molecule has 18 heavy (non-hydrogen) atoms. The van der Waals surface area contributed by atoms with Crippen molar-refractivity contribution in [3.8, 4) is 0 Å². The monoisotopic (exact) mass is 258 g/mol. The summed E-state index contributed by atoms with van der Waals surface area (Å²) in [5.41, 5.74) is 5.40. The molecule has 0 aliphatic carbocycles. The first-order valence-corrected chi connectivity index (χ1v) is 5.80. The summed E-state index contributed by atoms with van der Waals surface area (Å²) in [6.45, 7) is 3.56. The third-order valence-electron chi connectivity index (χ3n) is 2.79. The zero-order valence-electron chi connectivity index (χ0n) is 10.2. The molecule has 1 heterocycles. The Balaban J connectivity index is 1.92. The Hall–Kier alpha value is -1.40. The largest absolute Gasteiger partial charge is 0.399 e. The topological polar surface area (TPSA) is 47.7 Å². The van der Waals surface area contributed by atoms with Crippen LogP contribution in [-0.4, -0.2) is 32.6 Å². The number of nitrogens with two attached hydrogens (primary N) is 1. The van der Waals surface area contributed by atoms with Gasteiger partial charge in [0.25, 0.3) is 0 Å². The van der Waals surface area contributed by atoms with Gasteiger partial charge in [0, 0.05) is 25.4 Å². The normalized spacial score (nSPS) is 15.8. The quantitative estimate of drug-likeness (QED) is 0.496. The number of anilines is 2. The lowest BCUT2D eigenvalue weighted by molar-refractivity contribution is -0.0931. The Bertz CT molecular complexity index is 400. The van der Waals surface area contributed by atoms with Gasteiger partial charge in [-0.1, -0.05) is 0 Å². The van der Waals surface area contributed by atoms with E-state index in [0.717, 1.165) is 12.1 Å². The van der Waals surface area contributed by atoms with E-state index in [0.29, 0.717) is 19.7 Å². The molecular weight excluding hydrogens is 242 g/mol. The van der Waals surface area contributed by atoms with Crippen molar-refractivity contribution in [2.45, 2.75) is 13.0 Å². The van der Waals surface area contributed by atoms with E-state index in [4.69, 9.17) is 15.2 Å². The van der Waals surface area contributed by atoms with Crippen molar-refractivity contribution in [3.05, 3.63) is 23.8 Å². The maximum absolute atomic E-state index is 13.6. The van der Waals surface area contributed by atoms with E-state index >= 15 is 0 Å². The van der Waals surface area contributed by atoms with Gasteiger partial charge < -0.3 is 20.1 Å². The van der Waals surface area contributed by atoms with Gasteiger partial charge in [0.1, 0.15) is 12.5 Å². The Morgan fingerprint density at radius 3 is 2.50 bits per heavy atom. The first-order chi connectivity index (χ1) is 8.61. The number of rotatable bonds is 5. The molecule has 0 spiro atoms. The van der Waals surface area contributed by atoms with Crippen molar-refractivity contribution in [2.24, 2.45) is 0 Å². The highest BCUT2D eigenvalue weighted by Crippen LogP contribution is 2.30. The first-order valence-electron chi connectivity index (χ1n) is 5.80. The van der Waals surface area contributed by atoms with Gasteiger partial charge in [0.2, 0.25) is 0 Å². The predicted molar refractivity (Wildman–Crippen MR) is 64.3 cm³/mol. The van der Waals surface area contributed by atoms with Crippen LogP contribution in [0.15, 0.2) is 12.1 Å². The fraction of sp³-hybridized carbons (Fsp3) is 0.500. The third-order valence-corrected chi connectivity index (χ3v) is 2.79. The van der Waals surface area contributed by atoms with Gasteiger partial charge in [-0.15, -0.1) is 0 Å². The lowest BCUT2D eigenvalue weighted by Crippen LogP contribution is -2.53. The van der Waals surface area contributed by atoms with Crippen LogP contribution in [0.4, 0.5) is 20.2 Å². The molecule has 1 fully saturated rings. The fourth-order valence-corrected chi connectivity index (χ4v) is 1.84. The van der Waals surface area contributed by atoms with E-state index in [1.165, 1.54) is 0 Å². The van der Waals surface area contributed by atoms with Crippen LogP contribution < -0.4 is 10.6 Å². The number of benzene rings is 1. The smallest absolute Gasteiger partial charge is 0.151 e. The number of hydrogen-bond donors (Lipinski definition) is 1. The highest BCUT2D eigenvalue weighted by atomic mass is 19.1. The Kier molecular flexibility index (Phi) is 3.98. The minimum absolute atomic E-state index is 0.0412. The summed E-state index contributed by atoms with van der Waals surface area (Å²) in [7, 11) is 0. The van der Waals surface area contributed by atoms with Crippen molar-refractivity contribution in [1.29, 1.82) is 0 Å². The zero-order valence-corrected chi connectivity index (χ0v) is 10.2. The van der Waals surface area contributed by atoms with E-state index in [1.807, 2.05) is 6.92 Å². The van der Waals surface area contributed by atoms with Crippen molar-refractivity contribution in [1.82, 2.24) is 0 Å². The number of nitrogen functional groups attached to an aromatic ring is 1. The molecule has 2 rings (SSSR count). The molecule has 1 aliphatic heterocycles. The van der Waals surface area contributed by atoms with Gasteiger partial charge in [0.05, 0.1) is 6.10 Å². The minimum Gasteiger partial charge on any atom is -0.399 e. The molecule has 1 aliphatic rings. The van der Waals surface area contributed by atoms with E-state index < -0.39 is 11.6 Å². The maximum atomic E-state index is 13.6. The lowest BCUT2D eigenvalue weighted by atomic mass is 10.1. The van der Waals surface area contributed by atoms with Crippen LogP contribution in [-0.2, 0) is 9.47 Å². The molecular formula is C12H16F2N2O2. The highest BCUT2D eigenvalue weighted by molar-refractivity contribution is 5.57. The second-order valence-corrected chi connectivity index (χ2v) is 4.14. The maximum Gasteiger partial charge on any atom is 0.151 e. The number of halogens is 2. The molecule has 4 nitrogen and oxygen atoms in total. The molecule has 0 saturated carbocycles. The summed E-state index contributed by atoms with van der Waals surface area (Å²) in [4.78, 5) is 1.58. The predicted octanol–water partition coefficient (Wildman–Crippen LogP) is 1.75. The molecule has 0 bridgehead atoms. The summed E-state index contributed by atoms with van der Waals surface area (Å²) < 4.78 is 37.6. The average molecular weight is 258 g/mol. The molecule has 0 atom stereocenters. The third kappa shape index (κ3) is 2.70. The van der Waals surface area contributed by atoms with Gasteiger partial charge in [-0.25, -0.2) is 8.78 Å². The van der Waals surface area contributed by atoms with Crippen LogP contribution in [0.1, 0.15) is 6.92 Å². The van der Waals surface area contributed by atoms with Crippen molar-refractivity contribution >= 4 is 11.4 Å². The minimum atomic E-state index is -0.643. The van der Waals surface area contributed by atoms with Crippen molar-refractivity contribution in [2.75, 3.05) is 37.1 Å². The lowest BCUT2D eigenvalue weighted by Gasteiger charge is -2.40. The molecule has 1 aromatic carbocycles. The van der Waals surface area contributed by atoms with Gasteiger partial charge in [-0.2, -0.15) is 0 Å². The van der Waals surface area contributed by atoms with Crippen LogP contribution in [0, 0.1) is 11.6 Å². The van der Waals surface area contributed by atoms with Crippen molar-refractivity contribution < 1.29 is 18.3 Å². The van der Waals surface area contributed by atoms with E-state index in [1.54, 1.807) is 4.90 Å². The van der Waals surface area contributed by atoms with Crippen molar-refractivity contribution in [3.63, 3.8) is 0 Å². The zero-order chi connectivity index (χ0) is 13.1. The summed E-state index contributed by atoms with van der Waals surface area (Å²) in [5, 5.41) is 0. The van der Waals surface area contributed by atoms with Crippen LogP contribution >= 0.6 is 0 Å². The second kappa shape index (κ2) is 5.49. The SMILES string of the molecule is CCOCOC1CN(c2c(F)cc(N)cc2F)C1.